The number of Topliss-reactive ketones (excluding diaryl/α,β-unsaturated/α-hetero) is 1. The van der Waals surface area contributed by atoms with Gasteiger partial charge < -0.3 is 5.11 Å². The molecular formula is C16H28O2. The SMILES string of the molecule is CC(C)(C)C1CCC(=O)C(C2CCCCC2O)C1. The molecule has 1 N–H and O–H groups in total. The summed E-state index contributed by atoms with van der Waals surface area (Å²) in [5.74, 6) is 1.44. The zero-order valence-corrected chi connectivity index (χ0v) is 12.1. The van der Waals surface area contributed by atoms with Crippen LogP contribution in [-0.4, -0.2) is 17.0 Å². The molecule has 4 atom stereocenters. The first-order valence-corrected chi connectivity index (χ1v) is 7.60. The van der Waals surface area contributed by atoms with Gasteiger partial charge in [0.1, 0.15) is 5.78 Å². The fourth-order valence-electron chi connectivity index (χ4n) is 3.87. The van der Waals surface area contributed by atoms with E-state index < -0.39 is 0 Å². The number of aliphatic hydroxyl groups excluding tert-OH is 1. The molecular weight excluding hydrogens is 224 g/mol. The van der Waals surface area contributed by atoms with Crippen LogP contribution in [0.2, 0.25) is 0 Å². The van der Waals surface area contributed by atoms with Gasteiger partial charge in [0, 0.05) is 12.3 Å². The lowest BCUT2D eigenvalue weighted by atomic mass is 9.63. The molecule has 0 amide bonds. The second-order valence-electron chi connectivity index (χ2n) is 7.43. The molecule has 2 saturated carbocycles. The molecule has 2 heteroatoms. The molecule has 0 aromatic rings. The van der Waals surface area contributed by atoms with Gasteiger partial charge in [-0.1, -0.05) is 33.6 Å². The number of rotatable bonds is 1. The predicted molar refractivity (Wildman–Crippen MR) is 73.3 cm³/mol. The third-order valence-corrected chi connectivity index (χ3v) is 5.21. The van der Waals surface area contributed by atoms with E-state index in [0.717, 1.165) is 38.5 Å². The topological polar surface area (TPSA) is 37.3 Å². The molecule has 104 valence electrons. The molecule has 0 spiro atoms. The lowest BCUT2D eigenvalue weighted by molar-refractivity contribution is -0.132. The van der Waals surface area contributed by atoms with Crippen LogP contribution in [0.5, 0.6) is 0 Å². The summed E-state index contributed by atoms with van der Waals surface area (Å²) in [5.41, 5.74) is 0.290. The van der Waals surface area contributed by atoms with E-state index in [2.05, 4.69) is 20.8 Å². The van der Waals surface area contributed by atoms with Gasteiger partial charge in [0.15, 0.2) is 0 Å². The highest BCUT2D eigenvalue weighted by Gasteiger charge is 2.41. The van der Waals surface area contributed by atoms with E-state index in [-0.39, 0.29) is 17.9 Å². The predicted octanol–water partition coefficient (Wildman–Crippen LogP) is 3.57. The summed E-state index contributed by atoms with van der Waals surface area (Å²) >= 11 is 0. The van der Waals surface area contributed by atoms with Crippen molar-refractivity contribution in [3.63, 3.8) is 0 Å². The van der Waals surface area contributed by atoms with Crippen LogP contribution in [0.1, 0.15) is 65.7 Å². The molecule has 0 aromatic carbocycles. The van der Waals surface area contributed by atoms with E-state index in [1.165, 1.54) is 6.42 Å². The van der Waals surface area contributed by atoms with E-state index in [9.17, 15) is 9.90 Å². The molecule has 18 heavy (non-hydrogen) atoms. The Morgan fingerprint density at radius 1 is 1.11 bits per heavy atom. The number of hydrogen-bond donors (Lipinski definition) is 1. The van der Waals surface area contributed by atoms with Crippen molar-refractivity contribution < 1.29 is 9.90 Å². The largest absolute Gasteiger partial charge is 0.393 e. The molecule has 4 unspecified atom stereocenters. The molecule has 0 aromatic heterocycles. The number of aliphatic hydroxyl groups is 1. The molecule has 0 radical (unpaired) electrons. The van der Waals surface area contributed by atoms with Crippen molar-refractivity contribution in [1.82, 2.24) is 0 Å². The van der Waals surface area contributed by atoms with Gasteiger partial charge in [-0.15, -0.1) is 0 Å². The van der Waals surface area contributed by atoms with Crippen LogP contribution < -0.4 is 0 Å². The fourth-order valence-corrected chi connectivity index (χ4v) is 3.87. The Kier molecular flexibility index (Phi) is 4.15. The number of carbonyl (C=O) groups is 1. The molecule has 0 aliphatic heterocycles. The minimum Gasteiger partial charge on any atom is -0.393 e. The number of ketones is 1. The van der Waals surface area contributed by atoms with Crippen molar-refractivity contribution in [2.24, 2.45) is 23.2 Å². The quantitative estimate of drug-likeness (QED) is 0.774. The van der Waals surface area contributed by atoms with Gasteiger partial charge in [-0.3, -0.25) is 4.79 Å². The summed E-state index contributed by atoms with van der Waals surface area (Å²) in [6.07, 6.45) is 6.81. The van der Waals surface area contributed by atoms with Crippen LogP contribution in [-0.2, 0) is 4.79 Å². The summed E-state index contributed by atoms with van der Waals surface area (Å²) in [6, 6.07) is 0. The summed E-state index contributed by atoms with van der Waals surface area (Å²) in [6.45, 7) is 6.84. The van der Waals surface area contributed by atoms with Crippen molar-refractivity contribution >= 4 is 5.78 Å². The van der Waals surface area contributed by atoms with Crippen molar-refractivity contribution in [3.8, 4) is 0 Å². The van der Waals surface area contributed by atoms with Gasteiger partial charge in [0.05, 0.1) is 6.10 Å². The fraction of sp³-hybridized carbons (Fsp3) is 0.938. The van der Waals surface area contributed by atoms with Crippen LogP contribution in [0.15, 0.2) is 0 Å². The third-order valence-electron chi connectivity index (χ3n) is 5.21. The van der Waals surface area contributed by atoms with Crippen LogP contribution in [0, 0.1) is 23.2 Å². The Balaban J connectivity index is 2.07. The summed E-state index contributed by atoms with van der Waals surface area (Å²) in [5, 5.41) is 10.2. The van der Waals surface area contributed by atoms with Crippen molar-refractivity contribution in [1.29, 1.82) is 0 Å². The Morgan fingerprint density at radius 2 is 1.78 bits per heavy atom. The normalized spacial score (nSPS) is 38.8. The monoisotopic (exact) mass is 252 g/mol. The molecule has 0 heterocycles. The van der Waals surface area contributed by atoms with Gasteiger partial charge in [0.25, 0.3) is 0 Å². The first kappa shape index (κ1) is 14.0. The Bertz CT molecular complexity index is 303. The standard InChI is InChI=1S/C16H28O2/c1-16(2,3)11-8-9-15(18)13(10-11)12-6-4-5-7-14(12)17/h11-14,17H,4-10H2,1-3H3. The zero-order chi connectivity index (χ0) is 13.3. The van der Waals surface area contributed by atoms with Crippen LogP contribution >= 0.6 is 0 Å². The van der Waals surface area contributed by atoms with E-state index in [1.807, 2.05) is 0 Å². The van der Waals surface area contributed by atoms with E-state index in [0.29, 0.717) is 17.1 Å². The van der Waals surface area contributed by atoms with Crippen LogP contribution in [0.3, 0.4) is 0 Å². The molecule has 0 bridgehead atoms. The maximum atomic E-state index is 12.2. The zero-order valence-electron chi connectivity index (χ0n) is 12.1. The Hall–Kier alpha value is -0.370. The van der Waals surface area contributed by atoms with Gasteiger partial charge in [0.2, 0.25) is 0 Å². The van der Waals surface area contributed by atoms with Gasteiger partial charge in [-0.25, -0.2) is 0 Å². The minimum absolute atomic E-state index is 0.137. The number of carbonyl (C=O) groups excluding carboxylic acids is 1. The molecule has 2 aliphatic rings. The van der Waals surface area contributed by atoms with Gasteiger partial charge in [-0.05, 0) is 42.9 Å². The van der Waals surface area contributed by atoms with Gasteiger partial charge >= 0.3 is 0 Å². The van der Waals surface area contributed by atoms with Crippen LogP contribution in [0.4, 0.5) is 0 Å². The lowest BCUT2D eigenvalue weighted by Gasteiger charge is -2.42. The van der Waals surface area contributed by atoms with Crippen molar-refractivity contribution in [2.75, 3.05) is 0 Å². The molecule has 2 nitrogen and oxygen atoms in total. The molecule has 2 fully saturated rings. The maximum absolute atomic E-state index is 12.2. The lowest BCUT2D eigenvalue weighted by Crippen LogP contribution is -2.41. The van der Waals surface area contributed by atoms with Crippen molar-refractivity contribution in [3.05, 3.63) is 0 Å². The molecule has 2 rings (SSSR count). The summed E-state index contributed by atoms with van der Waals surface area (Å²) in [4.78, 5) is 12.2. The minimum atomic E-state index is -0.230. The smallest absolute Gasteiger partial charge is 0.136 e. The Labute approximate surface area is 111 Å². The van der Waals surface area contributed by atoms with Crippen molar-refractivity contribution in [2.45, 2.75) is 71.8 Å². The highest BCUT2D eigenvalue weighted by Crippen LogP contribution is 2.44. The Morgan fingerprint density at radius 3 is 2.39 bits per heavy atom. The molecule has 2 aliphatic carbocycles. The second-order valence-corrected chi connectivity index (χ2v) is 7.43. The highest BCUT2D eigenvalue weighted by atomic mass is 16.3. The maximum Gasteiger partial charge on any atom is 0.136 e. The van der Waals surface area contributed by atoms with E-state index in [4.69, 9.17) is 0 Å². The third kappa shape index (κ3) is 2.96. The van der Waals surface area contributed by atoms with Gasteiger partial charge in [-0.2, -0.15) is 0 Å². The van der Waals surface area contributed by atoms with E-state index in [1.54, 1.807) is 0 Å². The van der Waals surface area contributed by atoms with E-state index >= 15 is 0 Å². The summed E-state index contributed by atoms with van der Waals surface area (Å²) < 4.78 is 0. The average Bonchev–Trinajstić information content (AvgIpc) is 2.29. The second kappa shape index (κ2) is 5.32. The first-order valence-electron chi connectivity index (χ1n) is 7.60. The average molecular weight is 252 g/mol. The number of hydrogen-bond acceptors (Lipinski definition) is 2. The highest BCUT2D eigenvalue weighted by molar-refractivity contribution is 5.82. The first-order chi connectivity index (χ1) is 8.39. The van der Waals surface area contributed by atoms with Crippen LogP contribution in [0.25, 0.3) is 0 Å². The summed E-state index contributed by atoms with van der Waals surface area (Å²) in [7, 11) is 0. The molecule has 0 saturated heterocycles.